The van der Waals surface area contributed by atoms with Crippen molar-refractivity contribution in [3.8, 4) is 0 Å². The summed E-state index contributed by atoms with van der Waals surface area (Å²) in [5.41, 5.74) is 0.369. The molecule has 0 radical (unpaired) electrons. The van der Waals surface area contributed by atoms with Gasteiger partial charge >= 0.3 is 0 Å². The van der Waals surface area contributed by atoms with Gasteiger partial charge in [-0.2, -0.15) is 0 Å². The molecule has 0 saturated heterocycles. The van der Waals surface area contributed by atoms with Crippen LogP contribution in [0.1, 0.15) is 25.1 Å². The Morgan fingerprint density at radius 1 is 1.54 bits per heavy atom. The highest BCUT2D eigenvalue weighted by atomic mass is 79.9. The zero-order valence-electron chi connectivity index (χ0n) is 7.94. The predicted molar refractivity (Wildman–Crippen MR) is 65.2 cm³/mol. The van der Waals surface area contributed by atoms with Crippen molar-refractivity contribution < 1.29 is 0 Å². The number of hydrogen-bond acceptors (Lipinski definition) is 1. The van der Waals surface area contributed by atoms with Gasteiger partial charge in [-0.15, -0.1) is 11.3 Å². The number of rotatable bonds is 4. The maximum atomic E-state index is 5.88. The van der Waals surface area contributed by atoms with Crippen LogP contribution in [0.5, 0.6) is 0 Å². The molecule has 0 nitrogen and oxygen atoms in total. The molecule has 0 aliphatic heterocycles. The fraction of sp³-hybridized carbons (Fsp3) is 0.600. The first-order chi connectivity index (χ1) is 6.09. The average molecular weight is 282 g/mol. The van der Waals surface area contributed by atoms with Crippen LogP contribution in [0, 0.1) is 5.41 Å². The van der Waals surface area contributed by atoms with E-state index in [9.17, 15) is 0 Å². The molecule has 1 aromatic rings. The lowest BCUT2D eigenvalue weighted by Crippen LogP contribution is -2.19. The van der Waals surface area contributed by atoms with Crippen molar-refractivity contribution >= 4 is 38.9 Å². The quantitative estimate of drug-likeness (QED) is 0.698. The Kier molecular flexibility index (Phi) is 4.27. The Morgan fingerprint density at radius 2 is 2.23 bits per heavy atom. The van der Waals surface area contributed by atoms with Gasteiger partial charge in [-0.25, -0.2) is 0 Å². The molecule has 1 heterocycles. The smallest absolute Gasteiger partial charge is 0.0931 e. The van der Waals surface area contributed by atoms with Crippen molar-refractivity contribution in [2.45, 2.75) is 26.7 Å². The lowest BCUT2D eigenvalue weighted by molar-refractivity contribution is 0.364. The summed E-state index contributed by atoms with van der Waals surface area (Å²) in [6, 6.07) is 4.11. The molecule has 3 heteroatoms. The van der Waals surface area contributed by atoms with E-state index < -0.39 is 0 Å². The highest BCUT2D eigenvalue weighted by molar-refractivity contribution is 9.09. The summed E-state index contributed by atoms with van der Waals surface area (Å²) in [4.78, 5) is 1.38. The van der Waals surface area contributed by atoms with Gasteiger partial charge in [0.2, 0.25) is 0 Å². The van der Waals surface area contributed by atoms with Gasteiger partial charge in [0.1, 0.15) is 0 Å². The topological polar surface area (TPSA) is 0 Å². The van der Waals surface area contributed by atoms with Gasteiger partial charge in [-0.1, -0.05) is 41.4 Å². The molecule has 1 rings (SSSR count). The van der Waals surface area contributed by atoms with E-state index in [0.29, 0.717) is 5.41 Å². The Balaban J connectivity index is 2.67. The molecule has 0 bridgehead atoms. The monoisotopic (exact) mass is 280 g/mol. The highest BCUT2D eigenvalue weighted by Gasteiger charge is 2.21. The molecule has 74 valence electrons. The summed E-state index contributed by atoms with van der Waals surface area (Å²) in [7, 11) is 0. The van der Waals surface area contributed by atoms with Crippen LogP contribution in [0.25, 0.3) is 0 Å². The molecule has 0 fully saturated rings. The summed E-state index contributed by atoms with van der Waals surface area (Å²) in [5.74, 6) is 0. The molecule has 13 heavy (non-hydrogen) atoms. The minimum absolute atomic E-state index is 0.369. The number of thiophene rings is 1. The second-order valence-electron chi connectivity index (χ2n) is 3.68. The van der Waals surface area contributed by atoms with Crippen LogP contribution >= 0.6 is 38.9 Å². The lowest BCUT2D eigenvalue weighted by Gasteiger charge is -2.24. The lowest BCUT2D eigenvalue weighted by atomic mass is 9.86. The molecule has 0 aliphatic rings. The SMILES string of the molecule is CCC(C)(CBr)Cc1ccc(Cl)s1. The van der Waals surface area contributed by atoms with Crippen LogP contribution in [0.15, 0.2) is 12.1 Å². The van der Waals surface area contributed by atoms with E-state index in [2.05, 4.69) is 35.8 Å². The van der Waals surface area contributed by atoms with Crippen LogP contribution < -0.4 is 0 Å². The second kappa shape index (κ2) is 4.81. The van der Waals surface area contributed by atoms with Crippen LogP contribution in [0.4, 0.5) is 0 Å². The third-order valence-corrected chi connectivity index (χ3v) is 4.99. The summed E-state index contributed by atoms with van der Waals surface area (Å²) in [6.07, 6.45) is 2.31. The Hall–Kier alpha value is 0.470. The van der Waals surface area contributed by atoms with Crippen molar-refractivity contribution in [1.29, 1.82) is 0 Å². The standard InChI is InChI=1S/C10H14BrClS/c1-3-10(2,7-11)6-8-4-5-9(12)13-8/h4-5H,3,6-7H2,1-2H3. The van der Waals surface area contributed by atoms with E-state index in [4.69, 9.17) is 11.6 Å². The first kappa shape index (κ1) is 11.5. The van der Waals surface area contributed by atoms with Crippen molar-refractivity contribution in [3.05, 3.63) is 21.3 Å². The molecule has 0 amide bonds. The van der Waals surface area contributed by atoms with E-state index in [1.165, 1.54) is 11.3 Å². The predicted octanol–water partition coefficient (Wildman–Crippen LogP) is 4.76. The fourth-order valence-electron chi connectivity index (χ4n) is 1.13. The van der Waals surface area contributed by atoms with E-state index in [1.807, 2.05) is 6.07 Å². The molecule has 0 saturated carbocycles. The van der Waals surface area contributed by atoms with Crippen LogP contribution in [-0.4, -0.2) is 5.33 Å². The Labute approximate surface area is 97.4 Å². The fourth-order valence-corrected chi connectivity index (χ4v) is 3.03. The van der Waals surface area contributed by atoms with Crippen molar-refractivity contribution in [2.75, 3.05) is 5.33 Å². The first-order valence-electron chi connectivity index (χ1n) is 4.40. The average Bonchev–Trinajstić information content (AvgIpc) is 2.51. The van der Waals surface area contributed by atoms with E-state index in [1.54, 1.807) is 11.3 Å². The summed E-state index contributed by atoms with van der Waals surface area (Å²) >= 11 is 11.1. The Morgan fingerprint density at radius 3 is 2.62 bits per heavy atom. The maximum Gasteiger partial charge on any atom is 0.0931 e. The second-order valence-corrected chi connectivity index (χ2v) is 6.04. The Bertz CT molecular complexity index is 266. The first-order valence-corrected chi connectivity index (χ1v) is 6.71. The van der Waals surface area contributed by atoms with Gasteiger partial charge in [0, 0.05) is 10.2 Å². The van der Waals surface area contributed by atoms with Crippen LogP contribution in [0.2, 0.25) is 4.34 Å². The van der Waals surface area contributed by atoms with Gasteiger partial charge in [0.05, 0.1) is 4.34 Å². The molecule has 1 unspecified atom stereocenters. The largest absolute Gasteiger partial charge is 0.128 e. The number of alkyl halides is 1. The van der Waals surface area contributed by atoms with Gasteiger partial charge in [-0.05, 0) is 30.4 Å². The minimum atomic E-state index is 0.369. The van der Waals surface area contributed by atoms with Gasteiger partial charge in [0.15, 0.2) is 0 Å². The molecule has 1 atom stereocenters. The van der Waals surface area contributed by atoms with Crippen LogP contribution in [0.3, 0.4) is 0 Å². The van der Waals surface area contributed by atoms with E-state index in [0.717, 1.165) is 16.1 Å². The van der Waals surface area contributed by atoms with Crippen molar-refractivity contribution in [3.63, 3.8) is 0 Å². The molecule has 0 aromatic carbocycles. The summed E-state index contributed by atoms with van der Waals surface area (Å²) in [6.45, 7) is 4.53. The molecular weight excluding hydrogens is 268 g/mol. The van der Waals surface area contributed by atoms with Crippen LogP contribution in [-0.2, 0) is 6.42 Å². The van der Waals surface area contributed by atoms with Gasteiger partial charge < -0.3 is 0 Å². The molecule has 0 spiro atoms. The molecule has 0 aliphatic carbocycles. The zero-order valence-corrected chi connectivity index (χ0v) is 11.1. The highest BCUT2D eigenvalue weighted by Crippen LogP contribution is 2.32. The number of halogens is 2. The van der Waals surface area contributed by atoms with Crippen molar-refractivity contribution in [1.82, 2.24) is 0 Å². The normalized spacial score (nSPS) is 15.7. The third kappa shape index (κ3) is 3.26. The zero-order chi connectivity index (χ0) is 9.90. The van der Waals surface area contributed by atoms with Gasteiger partial charge in [-0.3, -0.25) is 0 Å². The molecule has 0 N–H and O–H groups in total. The van der Waals surface area contributed by atoms with Gasteiger partial charge in [0.25, 0.3) is 0 Å². The third-order valence-electron chi connectivity index (χ3n) is 2.41. The molecular formula is C10H14BrClS. The summed E-state index contributed by atoms with van der Waals surface area (Å²) in [5, 5.41) is 1.05. The molecule has 1 aromatic heterocycles. The summed E-state index contributed by atoms with van der Waals surface area (Å²) < 4.78 is 0.892. The van der Waals surface area contributed by atoms with E-state index in [-0.39, 0.29) is 0 Å². The van der Waals surface area contributed by atoms with Crippen molar-refractivity contribution in [2.24, 2.45) is 5.41 Å². The minimum Gasteiger partial charge on any atom is -0.128 e. The van der Waals surface area contributed by atoms with E-state index >= 15 is 0 Å². The maximum absolute atomic E-state index is 5.88. The number of hydrogen-bond donors (Lipinski definition) is 0.